The van der Waals surface area contributed by atoms with E-state index in [4.69, 9.17) is 0 Å². The third-order valence-corrected chi connectivity index (χ3v) is 7.28. The molecule has 152 valence electrons. The molecule has 0 bridgehead atoms. The third kappa shape index (κ3) is 3.82. The van der Waals surface area contributed by atoms with Gasteiger partial charge in [0, 0.05) is 43.5 Å². The quantitative estimate of drug-likeness (QED) is 0.655. The molecule has 4 rings (SSSR count). The molecule has 1 saturated heterocycles. The zero-order chi connectivity index (χ0) is 20.6. The number of aromatic nitrogens is 3. The molecule has 0 N–H and O–H groups in total. The number of sulfonamides is 1. The van der Waals surface area contributed by atoms with Crippen LogP contribution in [0.2, 0.25) is 0 Å². The molecule has 1 aromatic carbocycles. The van der Waals surface area contributed by atoms with Gasteiger partial charge in [-0.05, 0) is 44.0 Å². The summed E-state index contributed by atoms with van der Waals surface area (Å²) >= 11 is 0. The van der Waals surface area contributed by atoms with E-state index in [2.05, 4.69) is 10.1 Å². The summed E-state index contributed by atoms with van der Waals surface area (Å²) in [7, 11) is -1.91. The van der Waals surface area contributed by atoms with Gasteiger partial charge in [-0.15, -0.1) is 0 Å². The molecular formula is C21H23FN4O2S. The molecule has 0 radical (unpaired) electrons. The van der Waals surface area contributed by atoms with Crippen molar-refractivity contribution in [1.82, 2.24) is 19.1 Å². The normalized spacial score (nSPS) is 18.1. The number of aryl methyl sites for hydroxylation is 2. The van der Waals surface area contributed by atoms with Gasteiger partial charge in [-0.25, -0.2) is 12.8 Å². The highest BCUT2D eigenvalue weighted by Gasteiger charge is 2.33. The summed E-state index contributed by atoms with van der Waals surface area (Å²) in [6, 6.07) is 12.0. The highest BCUT2D eigenvalue weighted by molar-refractivity contribution is 7.89. The Morgan fingerprint density at radius 3 is 2.66 bits per heavy atom. The second-order valence-corrected chi connectivity index (χ2v) is 9.29. The molecule has 1 fully saturated rings. The van der Waals surface area contributed by atoms with Crippen molar-refractivity contribution >= 4 is 10.0 Å². The summed E-state index contributed by atoms with van der Waals surface area (Å²) in [6.07, 6.45) is 3.13. The zero-order valence-corrected chi connectivity index (χ0v) is 17.2. The maximum absolute atomic E-state index is 14.2. The average molecular weight is 415 g/mol. The van der Waals surface area contributed by atoms with E-state index in [1.165, 1.54) is 15.1 Å². The molecule has 29 heavy (non-hydrogen) atoms. The maximum atomic E-state index is 14.2. The van der Waals surface area contributed by atoms with Gasteiger partial charge in [0.2, 0.25) is 10.0 Å². The van der Waals surface area contributed by atoms with Crippen molar-refractivity contribution in [3.63, 3.8) is 0 Å². The van der Waals surface area contributed by atoms with E-state index >= 15 is 0 Å². The molecule has 1 aliphatic rings. The maximum Gasteiger partial charge on any atom is 0.246 e. The summed E-state index contributed by atoms with van der Waals surface area (Å²) in [5.41, 5.74) is 2.28. The van der Waals surface area contributed by atoms with Crippen molar-refractivity contribution < 1.29 is 12.8 Å². The minimum atomic E-state index is -3.62. The van der Waals surface area contributed by atoms with Gasteiger partial charge in [0.25, 0.3) is 0 Å². The number of pyridine rings is 1. The van der Waals surface area contributed by atoms with Crippen LogP contribution >= 0.6 is 0 Å². The van der Waals surface area contributed by atoms with Gasteiger partial charge >= 0.3 is 0 Å². The fourth-order valence-electron chi connectivity index (χ4n) is 3.87. The second kappa shape index (κ2) is 7.68. The van der Waals surface area contributed by atoms with E-state index in [9.17, 15) is 12.8 Å². The number of nitrogens with zero attached hydrogens (tertiary/aromatic N) is 4. The molecule has 0 amide bonds. The number of piperidine rings is 1. The van der Waals surface area contributed by atoms with Crippen molar-refractivity contribution in [2.75, 3.05) is 13.1 Å². The van der Waals surface area contributed by atoms with E-state index in [0.29, 0.717) is 30.0 Å². The van der Waals surface area contributed by atoms with E-state index < -0.39 is 10.0 Å². The summed E-state index contributed by atoms with van der Waals surface area (Å²) in [6.45, 7) is 2.53. The van der Waals surface area contributed by atoms with E-state index in [-0.39, 0.29) is 16.6 Å². The van der Waals surface area contributed by atoms with Crippen LogP contribution in [0, 0.1) is 12.7 Å². The van der Waals surface area contributed by atoms with Gasteiger partial charge in [0.05, 0.1) is 11.4 Å². The van der Waals surface area contributed by atoms with Crippen LogP contribution in [0.1, 0.15) is 30.1 Å². The molecule has 8 heteroatoms. The molecule has 0 aliphatic carbocycles. The molecule has 1 atom stereocenters. The SMILES string of the molecule is Cc1nn(C)cc1S(=O)(=O)N1CCCC(c2cccc(-c3ccccc3F)n2)C1. The highest BCUT2D eigenvalue weighted by Crippen LogP contribution is 2.31. The van der Waals surface area contributed by atoms with Crippen LogP contribution in [0.3, 0.4) is 0 Å². The molecule has 0 saturated carbocycles. The van der Waals surface area contributed by atoms with Crippen molar-refractivity contribution in [2.24, 2.45) is 7.05 Å². The van der Waals surface area contributed by atoms with E-state index in [1.807, 2.05) is 12.1 Å². The van der Waals surface area contributed by atoms with Gasteiger partial charge in [0.15, 0.2) is 0 Å². The van der Waals surface area contributed by atoms with Crippen LogP contribution in [0.5, 0.6) is 0 Å². The Bertz CT molecular complexity index is 1140. The molecule has 2 aromatic heterocycles. The molecule has 0 spiro atoms. The Balaban J connectivity index is 1.62. The van der Waals surface area contributed by atoms with Gasteiger partial charge in [0.1, 0.15) is 10.7 Å². The minimum Gasteiger partial charge on any atom is -0.274 e. The predicted molar refractivity (Wildman–Crippen MR) is 108 cm³/mol. The molecule has 3 heterocycles. The van der Waals surface area contributed by atoms with Crippen LogP contribution in [0.15, 0.2) is 53.6 Å². The van der Waals surface area contributed by atoms with Crippen molar-refractivity contribution in [3.05, 3.63) is 65.9 Å². The van der Waals surface area contributed by atoms with Crippen LogP contribution in [-0.4, -0.2) is 40.6 Å². The standard InChI is InChI=1S/C21H23FN4O2S/c1-15-21(14-25(2)24-15)29(27,28)26-12-6-7-16(13-26)19-10-5-11-20(23-19)17-8-3-4-9-18(17)22/h3-5,8-11,14,16H,6-7,12-13H2,1-2H3. The summed E-state index contributed by atoms with van der Waals surface area (Å²) in [5.74, 6) is -0.362. The Morgan fingerprint density at radius 2 is 1.93 bits per heavy atom. The lowest BCUT2D eigenvalue weighted by molar-refractivity contribution is 0.312. The lowest BCUT2D eigenvalue weighted by atomic mass is 9.95. The fourth-order valence-corrected chi connectivity index (χ4v) is 5.59. The first-order valence-electron chi connectivity index (χ1n) is 9.58. The fraction of sp³-hybridized carbons (Fsp3) is 0.333. The minimum absolute atomic E-state index is 0.0396. The van der Waals surface area contributed by atoms with Gasteiger partial charge < -0.3 is 0 Å². The number of hydrogen-bond donors (Lipinski definition) is 0. The molecule has 6 nitrogen and oxygen atoms in total. The van der Waals surface area contributed by atoms with Crippen LogP contribution < -0.4 is 0 Å². The van der Waals surface area contributed by atoms with Crippen molar-refractivity contribution in [2.45, 2.75) is 30.6 Å². The van der Waals surface area contributed by atoms with Crippen LogP contribution in [0.4, 0.5) is 4.39 Å². The van der Waals surface area contributed by atoms with E-state index in [0.717, 1.165) is 18.5 Å². The number of rotatable bonds is 4. The van der Waals surface area contributed by atoms with Crippen molar-refractivity contribution in [1.29, 1.82) is 0 Å². The molecule has 3 aromatic rings. The molecule has 1 unspecified atom stereocenters. The predicted octanol–water partition coefficient (Wildman–Crippen LogP) is 3.50. The summed E-state index contributed by atoms with van der Waals surface area (Å²) in [5, 5.41) is 4.17. The first-order chi connectivity index (χ1) is 13.9. The molecular weight excluding hydrogens is 391 g/mol. The topological polar surface area (TPSA) is 68.1 Å². The van der Waals surface area contributed by atoms with Crippen LogP contribution in [0.25, 0.3) is 11.3 Å². The Hall–Kier alpha value is -2.58. The smallest absolute Gasteiger partial charge is 0.246 e. The average Bonchev–Trinajstić information content (AvgIpc) is 3.07. The number of halogens is 1. The lowest BCUT2D eigenvalue weighted by Crippen LogP contribution is -2.39. The van der Waals surface area contributed by atoms with Crippen molar-refractivity contribution in [3.8, 4) is 11.3 Å². The monoisotopic (exact) mass is 414 g/mol. The first-order valence-corrected chi connectivity index (χ1v) is 11.0. The summed E-state index contributed by atoms with van der Waals surface area (Å²) < 4.78 is 43.5. The van der Waals surface area contributed by atoms with Gasteiger partial charge in [-0.1, -0.05) is 18.2 Å². The number of benzene rings is 1. The lowest BCUT2D eigenvalue weighted by Gasteiger charge is -2.31. The third-order valence-electron chi connectivity index (χ3n) is 5.31. The van der Waals surface area contributed by atoms with Crippen LogP contribution in [-0.2, 0) is 17.1 Å². The van der Waals surface area contributed by atoms with Gasteiger partial charge in [-0.3, -0.25) is 9.67 Å². The second-order valence-electron chi connectivity index (χ2n) is 7.38. The summed E-state index contributed by atoms with van der Waals surface area (Å²) in [4.78, 5) is 4.90. The highest BCUT2D eigenvalue weighted by atomic mass is 32.2. The Morgan fingerprint density at radius 1 is 1.14 bits per heavy atom. The van der Waals surface area contributed by atoms with Gasteiger partial charge in [-0.2, -0.15) is 9.40 Å². The number of hydrogen-bond acceptors (Lipinski definition) is 4. The Labute approximate surface area is 170 Å². The zero-order valence-electron chi connectivity index (χ0n) is 16.4. The van der Waals surface area contributed by atoms with E-state index in [1.54, 1.807) is 44.4 Å². The largest absolute Gasteiger partial charge is 0.274 e. The first kappa shape index (κ1) is 19.7. The molecule has 1 aliphatic heterocycles. The Kier molecular flexibility index (Phi) is 5.23.